The molecule has 1 heterocycles. The van der Waals surface area contributed by atoms with Crippen LogP contribution in [0.4, 0.5) is 0 Å². The molecule has 2 aromatic carbocycles. The van der Waals surface area contributed by atoms with Crippen LogP contribution in [0.3, 0.4) is 0 Å². The third-order valence-electron chi connectivity index (χ3n) is 5.80. The van der Waals surface area contributed by atoms with Crippen molar-refractivity contribution >= 4 is 36.0 Å². The Morgan fingerprint density at radius 1 is 1.24 bits per heavy atom. The Labute approximate surface area is 204 Å². The van der Waals surface area contributed by atoms with Crippen LogP contribution < -0.4 is 4.74 Å². The molecule has 11 heteroatoms. The molecule has 1 aliphatic heterocycles. The normalized spacial score (nSPS) is 22.2. The van der Waals surface area contributed by atoms with Gasteiger partial charge in [0.05, 0.1) is 18.0 Å². The van der Waals surface area contributed by atoms with Crippen molar-refractivity contribution in [3.05, 3.63) is 52.5 Å². The first kappa shape index (κ1) is 26.1. The lowest BCUT2D eigenvalue weighted by Gasteiger charge is -2.37. The van der Waals surface area contributed by atoms with Gasteiger partial charge in [0.1, 0.15) is 16.7 Å². The number of sulfonamides is 2. The number of nitrogens with zero attached hydrogens (tertiary/aromatic N) is 2. The Hall–Kier alpha value is -1.50. The van der Waals surface area contributed by atoms with E-state index >= 15 is 0 Å². The molecule has 2 aromatic rings. The molecule has 0 unspecified atom stereocenters. The summed E-state index contributed by atoms with van der Waals surface area (Å²) in [7, 11) is -6.22. The summed E-state index contributed by atoms with van der Waals surface area (Å²) in [6, 6.07) is 10.6. The molecule has 8 nitrogen and oxygen atoms in total. The van der Waals surface area contributed by atoms with Gasteiger partial charge < -0.3 is 9.84 Å². The third-order valence-corrected chi connectivity index (χ3v) is 10.1. The van der Waals surface area contributed by atoms with Crippen LogP contribution in [0.25, 0.3) is 0 Å². The minimum absolute atomic E-state index is 0.0186. The Morgan fingerprint density at radius 3 is 2.48 bits per heavy atom. The molecule has 0 aromatic heterocycles. The summed E-state index contributed by atoms with van der Waals surface area (Å²) in [6.45, 7) is 5.08. The zero-order valence-corrected chi connectivity index (χ0v) is 22.2. The van der Waals surface area contributed by atoms with Crippen LogP contribution in [-0.2, 0) is 20.0 Å². The maximum absolute atomic E-state index is 13.3. The van der Waals surface area contributed by atoms with Gasteiger partial charge in [-0.25, -0.2) is 16.8 Å². The number of hydrogen-bond donors (Lipinski definition) is 1. The van der Waals surface area contributed by atoms with Gasteiger partial charge in [-0.05, 0) is 44.2 Å². The van der Waals surface area contributed by atoms with E-state index in [0.29, 0.717) is 4.47 Å². The smallest absolute Gasteiger partial charge is 0.247 e. The van der Waals surface area contributed by atoms with E-state index in [2.05, 4.69) is 15.9 Å². The van der Waals surface area contributed by atoms with Crippen LogP contribution in [0.2, 0.25) is 0 Å². The second-order valence-electron chi connectivity index (χ2n) is 8.43. The van der Waals surface area contributed by atoms with Crippen molar-refractivity contribution in [3.63, 3.8) is 0 Å². The molecule has 1 aliphatic rings. The fourth-order valence-electron chi connectivity index (χ4n) is 3.66. The molecule has 1 N–H and O–H groups in total. The van der Waals surface area contributed by atoms with Gasteiger partial charge in [0.2, 0.25) is 20.0 Å². The molecule has 0 spiro atoms. The third kappa shape index (κ3) is 5.44. The van der Waals surface area contributed by atoms with Gasteiger partial charge in [0.15, 0.2) is 0 Å². The highest BCUT2D eigenvalue weighted by atomic mass is 79.9. The first-order chi connectivity index (χ1) is 15.4. The standard InChI is InChI=1S/C22H29BrN2O6S2/c1-15-5-8-19(9-6-15)32(27,28)24(4)13-21-16(2)12-25(17(3)14-26)33(29,30)22-10-7-18(23)11-20(22)31-21/h5-11,16-17,21,26H,12-14H2,1-4H3/t16-,17+,21+/m0/s1. The van der Waals surface area contributed by atoms with E-state index in [-0.39, 0.29) is 41.2 Å². The SMILES string of the molecule is Cc1ccc(S(=O)(=O)N(C)C[C@H]2Oc3cc(Br)ccc3S(=O)(=O)N([C@H](C)CO)C[C@@H]2C)cc1. The minimum Gasteiger partial charge on any atom is -0.487 e. The number of ether oxygens (including phenoxy) is 1. The first-order valence-corrected chi connectivity index (χ1v) is 14.2. The Balaban J connectivity index is 2.00. The van der Waals surface area contributed by atoms with Crippen molar-refractivity contribution in [2.45, 2.75) is 42.7 Å². The van der Waals surface area contributed by atoms with Crippen LogP contribution in [0.5, 0.6) is 5.75 Å². The highest BCUT2D eigenvalue weighted by molar-refractivity contribution is 9.10. The lowest BCUT2D eigenvalue weighted by atomic mass is 10.0. The summed E-state index contributed by atoms with van der Waals surface area (Å²) in [6.07, 6.45) is -0.632. The lowest BCUT2D eigenvalue weighted by Crippen LogP contribution is -2.50. The first-order valence-electron chi connectivity index (χ1n) is 10.5. The number of hydrogen-bond acceptors (Lipinski definition) is 6. The van der Waals surface area contributed by atoms with Gasteiger partial charge in [-0.1, -0.05) is 40.5 Å². The molecule has 0 bridgehead atoms. The summed E-state index contributed by atoms with van der Waals surface area (Å²) < 4.78 is 62.2. The maximum atomic E-state index is 13.3. The topological polar surface area (TPSA) is 104 Å². The van der Waals surface area contributed by atoms with Gasteiger partial charge in [-0.15, -0.1) is 0 Å². The largest absolute Gasteiger partial charge is 0.487 e. The van der Waals surface area contributed by atoms with Gasteiger partial charge in [-0.3, -0.25) is 0 Å². The van der Waals surface area contributed by atoms with E-state index in [1.165, 1.54) is 21.7 Å². The highest BCUT2D eigenvalue weighted by Gasteiger charge is 2.39. The van der Waals surface area contributed by atoms with Crippen molar-refractivity contribution in [2.75, 3.05) is 26.7 Å². The van der Waals surface area contributed by atoms with Crippen LogP contribution in [-0.4, -0.2) is 69.4 Å². The lowest BCUT2D eigenvalue weighted by molar-refractivity contribution is 0.0904. The second kappa shape index (κ2) is 10.0. The van der Waals surface area contributed by atoms with Gasteiger partial charge in [0.25, 0.3) is 0 Å². The molecule has 0 fully saturated rings. The van der Waals surface area contributed by atoms with E-state index in [1.807, 2.05) is 13.8 Å². The fraction of sp³-hybridized carbons (Fsp3) is 0.455. The molecule has 3 atom stereocenters. The monoisotopic (exact) mass is 560 g/mol. The quantitative estimate of drug-likeness (QED) is 0.582. The number of aryl methyl sites for hydroxylation is 1. The molecule has 0 saturated carbocycles. The van der Waals surface area contributed by atoms with E-state index in [1.54, 1.807) is 43.3 Å². The van der Waals surface area contributed by atoms with E-state index in [9.17, 15) is 21.9 Å². The molecule has 33 heavy (non-hydrogen) atoms. The molecule has 0 amide bonds. The zero-order valence-electron chi connectivity index (χ0n) is 19.0. The summed E-state index contributed by atoms with van der Waals surface area (Å²) in [5, 5.41) is 9.69. The number of fused-ring (bicyclic) bond motifs is 1. The van der Waals surface area contributed by atoms with Gasteiger partial charge in [0, 0.05) is 30.0 Å². The number of aliphatic hydroxyl groups excluding tert-OH is 1. The van der Waals surface area contributed by atoms with E-state index < -0.39 is 32.2 Å². The number of aliphatic hydroxyl groups is 1. The van der Waals surface area contributed by atoms with E-state index in [4.69, 9.17) is 4.74 Å². The summed E-state index contributed by atoms with van der Waals surface area (Å²) in [5.74, 6) is -0.228. The number of rotatable bonds is 6. The summed E-state index contributed by atoms with van der Waals surface area (Å²) in [4.78, 5) is 0.155. The minimum atomic E-state index is -3.94. The Morgan fingerprint density at radius 2 is 1.88 bits per heavy atom. The van der Waals surface area contributed by atoms with Crippen LogP contribution in [0, 0.1) is 12.8 Å². The highest BCUT2D eigenvalue weighted by Crippen LogP contribution is 2.35. The number of halogens is 1. The van der Waals surface area contributed by atoms with Gasteiger partial charge >= 0.3 is 0 Å². The molecular formula is C22H29BrN2O6S2. The molecule has 0 aliphatic carbocycles. The van der Waals surface area contributed by atoms with Crippen molar-refractivity contribution in [1.29, 1.82) is 0 Å². The van der Waals surface area contributed by atoms with Crippen molar-refractivity contribution in [1.82, 2.24) is 8.61 Å². The number of benzene rings is 2. The molecule has 0 saturated heterocycles. The molecular weight excluding hydrogens is 532 g/mol. The predicted octanol–water partition coefficient (Wildman–Crippen LogP) is 2.85. The van der Waals surface area contributed by atoms with Crippen molar-refractivity contribution in [3.8, 4) is 5.75 Å². The van der Waals surface area contributed by atoms with Crippen LogP contribution >= 0.6 is 15.9 Å². The average Bonchev–Trinajstić information content (AvgIpc) is 2.75. The van der Waals surface area contributed by atoms with E-state index in [0.717, 1.165) is 5.56 Å². The second-order valence-corrected chi connectivity index (χ2v) is 13.2. The zero-order chi connectivity index (χ0) is 24.6. The Bertz CT molecular complexity index is 1200. The molecule has 3 rings (SSSR count). The Kier molecular flexibility index (Phi) is 7.92. The number of likely N-dealkylation sites (N-methyl/N-ethyl adjacent to an activating group) is 1. The summed E-state index contributed by atoms with van der Waals surface area (Å²) in [5.41, 5.74) is 0.954. The van der Waals surface area contributed by atoms with Crippen LogP contribution in [0.15, 0.2) is 56.7 Å². The van der Waals surface area contributed by atoms with Crippen molar-refractivity contribution in [2.24, 2.45) is 5.92 Å². The van der Waals surface area contributed by atoms with Crippen LogP contribution in [0.1, 0.15) is 19.4 Å². The van der Waals surface area contributed by atoms with Crippen molar-refractivity contribution < 1.29 is 26.7 Å². The molecule has 0 radical (unpaired) electrons. The maximum Gasteiger partial charge on any atom is 0.247 e. The van der Waals surface area contributed by atoms with Gasteiger partial charge in [-0.2, -0.15) is 8.61 Å². The average molecular weight is 562 g/mol. The fourth-order valence-corrected chi connectivity index (χ4v) is 7.01. The predicted molar refractivity (Wildman–Crippen MR) is 129 cm³/mol. The molecule has 182 valence electrons. The summed E-state index contributed by atoms with van der Waals surface area (Å²) >= 11 is 3.35.